The summed E-state index contributed by atoms with van der Waals surface area (Å²) in [5.41, 5.74) is 3.89. The number of hydrogen-bond donors (Lipinski definition) is 1. The third-order valence-corrected chi connectivity index (χ3v) is 8.79. The maximum atomic E-state index is 14.1. The minimum absolute atomic E-state index is 0.0553. The van der Waals surface area contributed by atoms with Crippen LogP contribution in [-0.2, 0) is 26.2 Å². The highest BCUT2D eigenvalue weighted by atomic mass is 32.2. The van der Waals surface area contributed by atoms with E-state index in [1.807, 2.05) is 71.0 Å². The van der Waals surface area contributed by atoms with E-state index in [0.29, 0.717) is 5.69 Å². The van der Waals surface area contributed by atoms with Gasteiger partial charge in [-0.25, -0.2) is 8.42 Å². The fraction of sp³-hybridized carbons (Fsp3) is 0.355. The van der Waals surface area contributed by atoms with E-state index < -0.39 is 28.5 Å². The molecule has 208 valence electrons. The van der Waals surface area contributed by atoms with Crippen molar-refractivity contribution in [2.24, 2.45) is 0 Å². The molecule has 0 saturated carbocycles. The van der Waals surface area contributed by atoms with Gasteiger partial charge in [-0.3, -0.25) is 13.9 Å². The second-order valence-electron chi connectivity index (χ2n) is 10.1. The van der Waals surface area contributed by atoms with E-state index in [0.717, 1.165) is 33.0 Å². The molecule has 0 radical (unpaired) electrons. The summed E-state index contributed by atoms with van der Waals surface area (Å²) in [6, 6.07) is 20.4. The highest BCUT2D eigenvalue weighted by molar-refractivity contribution is 7.92. The number of aryl methyl sites for hydroxylation is 3. The van der Waals surface area contributed by atoms with Crippen molar-refractivity contribution in [2.45, 2.75) is 71.5 Å². The molecule has 2 amide bonds. The zero-order valence-corrected chi connectivity index (χ0v) is 24.5. The molecule has 0 fully saturated rings. The maximum Gasteiger partial charge on any atom is 0.264 e. The zero-order chi connectivity index (χ0) is 28.7. The molecule has 0 aliphatic heterocycles. The first-order valence-electron chi connectivity index (χ1n) is 13.2. The molecule has 0 aliphatic carbocycles. The van der Waals surface area contributed by atoms with Crippen molar-refractivity contribution in [3.05, 3.63) is 95.1 Å². The summed E-state index contributed by atoms with van der Waals surface area (Å²) < 4.78 is 29.0. The third-order valence-electron chi connectivity index (χ3n) is 7.01. The van der Waals surface area contributed by atoms with Gasteiger partial charge in [-0.15, -0.1) is 0 Å². The zero-order valence-electron chi connectivity index (χ0n) is 23.6. The Hall–Kier alpha value is -3.65. The summed E-state index contributed by atoms with van der Waals surface area (Å²) in [4.78, 5) is 28.8. The van der Waals surface area contributed by atoms with Crippen LogP contribution in [0.5, 0.6) is 0 Å². The van der Waals surface area contributed by atoms with Crippen LogP contribution in [-0.4, -0.2) is 43.8 Å². The molecule has 0 aliphatic rings. The van der Waals surface area contributed by atoms with Crippen molar-refractivity contribution in [3.63, 3.8) is 0 Å². The van der Waals surface area contributed by atoms with E-state index >= 15 is 0 Å². The summed E-state index contributed by atoms with van der Waals surface area (Å²) in [5, 5.41) is 2.96. The average Bonchev–Trinajstić information content (AvgIpc) is 2.92. The Morgan fingerprint density at radius 2 is 1.51 bits per heavy atom. The topological polar surface area (TPSA) is 86.8 Å². The van der Waals surface area contributed by atoms with Crippen LogP contribution in [0.1, 0.15) is 49.4 Å². The number of amides is 2. The van der Waals surface area contributed by atoms with E-state index in [1.54, 1.807) is 31.2 Å². The largest absolute Gasteiger partial charge is 0.352 e. The number of anilines is 1. The molecule has 3 rings (SSSR count). The van der Waals surface area contributed by atoms with E-state index in [-0.39, 0.29) is 23.4 Å². The SMILES string of the molecule is CC[C@H](C)NC(=O)[C@@H](C)N(Cc1ccccc1C)C(=O)CN(c1cc(C)ccc1C)S(=O)(=O)c1ccccc1. The van der Waals surface area contributed by atoms with Crippen LogP contribution in [0, 0.1) is 20.8 Å². The molecule has 3 aromatic rings. The van der Waals surface area contributed by atoms with Crippen molar-refractivity contribution in [2.75, 3.05) is 10.8 Å². The van der Waals surface area contributed by atoms with Gasteiger partial charge in [0.1, 0.15) is 12.6 Å². The highest BCUT2D eigenvalue weighted by Gasteiger charge is 2.33. The van der Waals surface area contributed by atoms with Gasteiger partial charge in [0, 0.05) is 12.6 Å². The summed E-state index contributed by atoms with van der Waals surface area (Å²) in [5.74, 6) is -0.749. The van der Waals surface area contributed by atoms with Crippen LogP contribution in [0.15, 0.2) is 77.7 Å². The lowest BCUT2D eigenvalue weighted by Gasteiger charge is -2.33. The van der Waals surface area contributed by atoms with E-state index in [2.05, 4.69) is 5.32 Å². The van der Waals surface area contributed by atoms with Crippen LogP contribution >= 0.6 is 0 Å². The number of hydrogen-bond acceptors (Lipinski definition) is 4. The molecule has 2 atom stereocenters. The molecule has 3 aromatic carbocycles. The van der Waals surface area contributed by atoms with Gasteiger partial charge < -0.3 is 10.2 Å². The smallest absolute Gasteiger partial charge is 0.264 e. The molecule has 0 saturated heterocycles. The van der Waals surface area contributed by atoms with Crippen LogP contribution in [0.4, 0.5) is 5.69 Å². The summed E-state index contributed by atoms with van der Waals surface area (Å²) >= 11 is 0. The lowest BCUT2D eigenvalue weighted by atomic mass is 10.1. The lowest BCUT2D eigenvalue weighted by molar-refractivity contribution is -0.139. The lowest BCUT2D eigenvalue weighted by Crippen LogP contribution is -2.52. The quantitative estimate of drug-likeness (QED) is 0.359. The Bertz CT molecular complexity index is 1410. The molecule has 0 unspecified atom stereocenters. The normalized spacial score (nSPS) is 12.9. The molecule has 8 heteroatoms. The monoisotopic (exact) mass is 549 g/mol. The van der Waals surface area contributed by atoms with Crippen LogP contribution in [0.25, 0.3) is 0 Å². The molecule has 1 N–H and O–H groups in total. The van der Waals surface area contributed by atoms with Crippen molar-refractivity contribution >= 4 is 27.5 Å². The Morgan fingerprint density at radius 1 is 0.872 bits per heavy atom. The van der Waals surface area contributed by atoms with E-state index in [9.17, 15) is 18.0 Å². The van der Waals surface area contributed by atoms with Gasteiger partial charge in [0.2, 0.25) is 11.8 Å². The molecular formula is C31H39N3O4S. The Labute approximate surface area is 232 Å². The molecule has 7 nitrogen and oxygen atoms in total. The Morgan fingerprint density at radius 3 is 2.15 bits per heavy atom. The molecule has 0 heterocycles. The van der Waals surface area contributed by atoms with Crippen molar-refractivity contribution < 1.29 is 18.0 Å². The first kappa shape index (κ1) is 29.9. The Kier molecular flexibility index (Phi) is 9.92. The van der Waals surface area contributed by atoms with E-state index in [1.165, 1.54) is 17.0 Å². The van der Waals surface area contributed by atoms with Gasteiger partial charge in [0.25, 0.3) is 10.0 Å². The van der Waals surface area contributed by atoms with Gasteiger partial charge in [-0.2, -0.15) is 0 Å². The minimum Gasteiger partial charge on any atom is -0.352 e. The maximum absolute atomic E-state index is 14.1. The van der Waals surface area contributed by atoms with Gasteiger partial charge in [0.15, 0.2) is 0 Å². The highest BCUT2D eigenvalue weighted by Crippen LogP contribution is 2.28. The summed E-state index contributed by atoms with van der Waals surface area (Å²) in [6.45, 7) is 10.9. The molecule has 39 heavy (non-hydrogen) atoms. The number of rotatable bonds is 11. The Balaban J connectivity index is 2.07. The second kappa shape index (κ2) is 12.9. The van der Waals surface area contributed by atoms with Gasteiger partial charge in [-0.05, 0) is 81.5 Å². The summed E-state index contributed by atoms with van der Waals surface area (Å²) in [6.07, 6.45) is 0.750. The second-order valence-corrected chi connectivity index (χ2v) is 11.9. The van der Waals surface area contributed by atoms with Gasteiger partial charge in [-0.1, -0.05) is 61.5 Å². The fourth-order valence-corrected chi connectivity index (χ4v) is 5.73. The molecule has 0 spiro atoms. The minimum atomic E-state index is -4.09. The standard InChI is InChI=1S/C31H39N3O4S/c1-7-25(5)32-31(36)26(6)33(20-27-14-12-11-13-23(27)3)30(35)21-34(29-19-22(2)17-18-24(29)4)39(37,38)28-15-9-8-10-16-28/h8-19,25-26H,7,20-21H2,1-6H3,(H,32,36)/t25-,26+/m0/s1. The molecular weight excluding hydrogens is 510 g/mol. The number of nitrogens with zero attached hydrogens (tertiary/aromatic N) is 2. The number of carbonyl (C=O) groups is 2. The predicted octanol–water partition coefficient (Wildman–Crippen LogP) is 5.14. The average molecular weight is 550 g/mol. The summed E-state index contributed by atoms with van der Waals surface area (Å²) in [7, 11) is -4.09. The van der Waals surface area contributed by atoms with Crippen LogP contribution < -0.4 is 9.62 Å². The van der Waals surface area contributed by atoms with Crippen LogP contribution in [0.2, 0.25) is 0 Å². The number of nitrogens with one attached hydrogen (secondary N) is 1. The van der Waals surface area contributed by atoms with Gasteiger partial charge in [0.05, 0.1) is 10.6 Å². The molecule has 0 bridgehead atoms. The van der Waals surface area contributed by atoms with Crippen molar-refractivity contribution in [1.29, 1.82) is 0 Å². The van der Waals surface area contributed by atoms with Gasteiger partial charge >= 0.3 is 0 Å². The number of carbonyl (C=O) groups excluding carboxylic acids is 2. The first-order chi connectivity index (χ1) is 18.4. The fourth-order valence-electron chi connectivity index (χ4n) is 4.24. The predicted molar refractivity (Wildman–Crippen MR) is 156 cm³/mol. The molecule has 0 aromatic heterocycles. The number of benzene rings is 3. The van der Waals surface area contributed by atoms with Crippen molar-refractivity contribution in [3.8, 4) is 0 Å². The van der Waals surface area contributed by atoms with Crippen molar-refractivity contribution in [1.82, 2.24) is 10.2 Å². The van der Waals surface area contributed by atoms with Crippen LogP contribution in [0.3, 0.4) is 0 Å². The number of sulfonamides is 1. The van der Waals surface area contributed by atoms with E-state index in [4.69, 9.17) is 0 Å². The first-order valence-corrected chi connectivity index (χ1v) is 14.7. The third kappa shape index (κ3) is 7.26.